The molecule has 0 aliphatic heterocycles. The molecule has 2 aromatic carbocycles. The fourth-order valence-electron chi connectivity index (χ4n) is 4.08. The summed E-state index contributed by atoms with van der Waals surface area (Å²) in [5, 5.41) is 9.70. The van der Waals surface area contributed by atoms with Crippen LogP contribution in [0.25, 0.3) is 16.7 Å². The summed E-state index contributed by atoms with van der Waals surface area (Å²) < 4.78 is 2.22. The minimum absolute atomic E-state index is 0.716. The number of nitrogens with zero attached hydrogens (tertiary/aromatic N) is 4. The molecule has 0 saturated heterocycles. The van der Waals surface area contributed by atoms with Crippen molar-refractivity contribution < 1.29 is 0 Å². The van der Waals surface area contributed by atoms with Crippen LogP contribution in [0.5, 0.6) is 0 Å². The quantitative estimate of drug-likeness (QED) is 0.331. The van der Waals surface area contributed by atoms with Crippen LogP contribution in [0.15, 0.2) is 65.6 Å². The van der Waals surface area contributed by atoms with Gasteiger partial charge in [0, 0.05) is 17.7 Å². The predicted molar refractivity (Wildman–Crippen MR) is 134 cm³/mol. The maximum atomic E-state index is 9.70. The molecular weight excluding hydrogens is 412 g/mol. The number of aromatic nitrogens is 3. The van der Waals surface area contributed by atoms with Crippen LogP contribution in [0.3, 0.4) is 0 Å². The topological polar surface area (TPSA) is 54.5 Å². The number of hydrogen-bond acceptors (Lipinski definition) is 4. The number of nitriles is 1. The molecule has 0 fully saturated rings. The van der Waals surface area contributed by atoms with Crippen molar-refractivity contribution in [3.8, 4) is 6.07 Å². The average Bonchev–Trinajstić information content (AvgIpc) is 3.16. The summed E-state index contributed by atoms with van der Waals surface area (Å²) in [4.78, 5) is 10.4. The highest BCUT2D eigenvalue weighted by Crippen LogP contribution is 2.31. The Balaban J connectivity index is 1.74. The van der Waals surface area contributed by atoms with Crippen LogP contribution in [0.4, 0.5) is 0 Å². The monoisotopic (exact) mass is 438 g/mol. The first kappa shape index (κ1) is 21.9. The fourth-order valence-corrected chi connectivity index (χ4v) is 4.61. The van der Waals surface area contributed by atoms with E-state index in [9.17, 15) is 5.26 Å². The van der Waals surface area contributed by atoms with E-state index in [4.69, 9.17) is 9.97 Å². The fraction of sp³-hybridized carbons (Fsp3) is 0.222. The van der Waals surface area contributed by atoms with Crippen molar-refractivity contribution in [3.63, 3.8) is 0 Å². The largest absolute Gasteiger partial charge is 0.308 e. The van der Waals surface area contributed by atoms with Gasteiger partial charge in [0.15, 0.2) is 5.65 Å². The minimum Gasteiger partial charge on any atom is -0.308 e. The van der Waals surface area contributed by atoms with Gasteiger partial charge in [-0.3, -0.25) is 0 Å². The zero-order valence-corrected chi connectivity index (χ0v) is 19.7. The van der Waals surface area contributed by atoms with E-state index in [1.807, 2.05) is 31.4 Å². The van der Waals surface area contributed by atoms with Crippen LogP contribution in [0.2, 0.25) is 0 Å². The third kappa shape index (κ3) is 4.19. The highest BCUT2D eigenvalue weighted by molar-refractivity contribution is 8.02. The van der Waals surface area contributed by atoms with E-state index in [2.05, 4.69) is 66.9 Å². The molecule has 4 rings (SSSR count). The maximum absolute atomic E-state index is 9.70. The lowest BCUT2D eigenvalue weighted by Gasteiger charge is -2.13. The summed E-state index contributed by atoms with van der Waals surface area (Å²) in [5.41, 5.74) is 8.35. The number of pyridine rings is 1. The molecule has 5 heteroatoms. The van der Waals surface area contributed by atoms with E-state index >= 15 is 0 Å². The summed E-state index contributed by atoms with van der Waals surface area (Å²) in [5.74, 6) is 1.05. The second-order valence-corrected chi connectivity index (χ2v) is 8.62. The van der Waals surface area contributed by atoms with Crippen molar-refractivity contribution in [1.29, 1.82) is 5.26 Å². The molecule has 0 amide bonds. The number of imidazole rings is 1. The van der Waals surface area contributed by atoms with Crippen molar-refractivity contribution in [3.05, 3.63) is 99.3 Å². The number of thioether (sulfide) groups is 1. The summed E-state index contributed by atoms with van der Waals surface area (Å²) in [6, 6.07) is 23.1. The summed E-state index contributed by atoms with van der Waals surface area (Å²) >= 11 is 1.48. The van der Waals surface area contributed by atoms with Gasteiger partial charge in [-0.2, -0.15) is 5.26 Å². The van der Waals surface area contributed by atoms with Crippen LogP contribution >= 0.6 is 11.8 Å². The van der Waals surface area contributed by atoms with Gasteiger partial charge in [-0.1, -0.05) is 61.5 Å². The lowest BCUT2D eigenvalue weighted by molar-refractivity contribution is 0.745. The third-order valence-electron chi connectivity index (χ3n) is 5.60. The van der Waals surface area contributed by atoms with Crippen molar-refractivity contribution in [2.75, 3.05) is 6.26 Å². The first-order valence-corrected chi connectivity index (χ1v) is 11.9. The van der Waals surface area contributed by atoms with E-state index in [1.165, 1.54) is 17.3 Å². The lowest BCUT2D eigenvalue weighted by Crippen LogP contribution is -2.06. The molecule has 32 heavy (non-hydrogen) atoms. The van der Waals surface area contributed by atoms with E-state index in [0.717, 1.165) is 51.4 Å². The number of hydrogen-bond donors (Lipinski definition) is 0. The summed E-state index contributed by atoms with van der Waals surface area (Å²) in [6.45, 7) is 6.97. The summed E-state index contributed by atoms with van der Waals surface area (Å²) in [7, 11) is 0. The summed E-state index contributed by atoms with van der Waals surface area (Å²) in [6.07, 6.45) is 2.80. The van der Waals surface area contributed by atoms with Crippen LogP contribution < -0.4 is 0 Å². The highest BCUT2D eigenvalue weighted by atomic mass is 32.2. The molecule has 0 atom stereocenters. The minimum atomic E-state index is 0.716. The predicted octanol–water partition coefficient (Wildman–Crippen LogP) is 6.30. The third-order valence-corrected chi connectivity index (χ3v) is 6.30. The first-order chi connectivity index (χ1) is 15.5. The Labute approximate surface area is 193 Å². The number of aryl methyl sites for hydroxylation is 3. The molecule has 4 nitrogen and oxygen atoms in total. The Hall–Kier alpha value is -3.36. The number of benzene rings is 2. The van der Waals surface area contributed by atoms with E-state index < -0.39 is 0 Å². The molecular formula is C27H26N4S. The Morgan fingerprint density at radius 2 is 1.69 bits per heavy atom. The average molecular weight is 439 g/mol. The molecule has 0 saturated carbocycles. The first-order valence-electron chi connectivity index (χ1n) is 10.7. The van der Waals surface area contributed by atoms with Crippen LogP contribution in [0, 0.1) is 25.2 Å². The van der Waals surface area contributed by atoms with Gasteiger partial charge in [-0.15, -0.1) is 11.8 Å². The molecule has 0 N–H and O–H groups in total. The molecule has 0 bridgehead atoms. The molecule has 2 aromatic heterocycles. The van der Waals surface area contributed by atoms with Gasteiger partial charge in [-0.25, -0.2) is 9.97 Å². The smallest absolute Gasteiger partial charge is 0.160 e. The van der Waals surface area contributed by atoms with Gasteiger partial charge < -0.3 is 4.57 Å². The Morgan fingerprint density at radius 3 is 2.31 bits per heavy atom. The maximum Gasteiger partial charge on any atom is 0.160 e. The zero-order valence-electron chi connectivity index (χ0n) is 18.9. The lowest BCUT2D eigenvalue weighted by atomic mass is 9.96. The van der Waals surface area contributed by atoms with Gasteiger partial charge in [0.2, 0.25) is 0 Å². The van der Waals surface area contributed by atoms with Gasteiger partial charge in [0.25, 0.3) is 0 Å². The van der Waals surface area contributed by atoms with Crippen molar-refractivity contribution >= 4 is 28.5 Å². The number of allylic oxidation sites excluding steroid dienone is 1. The normalized spacial score (nSPS) is 12.0. The Bertz CT molecular complexity index is 1330. The SMILES string of the molecule is CCc1nc2c(C)cc(C)nc2n1Cc1ccc(C(=C(C#N)SC)c2ccccc2)cc1. The Kier molecular flexibility index (Phi) is 6.43. The molecule has 0 aliphatic carbocycles. The molecule has 2 heterocycles. The van der Waals surface area contributed by atoms with Crippen molar-refractivity contribution in [2.45, 2.75) is 33.7 Å². The molecule has 0 spiro atoms. The van der Waals surface area contributed by atoms with Gasteiger partial charge >= 0.3 is 0 Å². The highest BCUT2D eigenvalue weighted by Gasteiger charge is 2.15. The molecule has 0 radical (unpaired) electrons. The van der Waals surface area contributed by atoms with Gasteiger partial charge in [0.05, 0.1) is 11.4 Å². The Morgan fingerprint density at radius 1 is 1.00 bits per heavy atom. The van der Waals surface area contributed by atoms with E-state index in [1.54, 1.807) is 0 Å². The molecule has 160 valence electrons. The van der Waals surface area contributed by atoms with E-state index in [-0.39, 0.29) is 0 Å². The van der Waals surface area contributed by atoms with Crippen molar-refractivity contribution in [1.82, 2.24) is 14.5 Å². The molecule has 4 aromatic rings. The van der Waals surface area contributed by atoms with Crippen LogP contribution in [-0.2, 0) is 13.0 Å². The second kappa shape index (κ2) is 9.42. The van der Waals surface area contributed by atoms with Crippen LogP contribution in [0.1, 0.15) is 40.7 Å². The number of fused-ring (bicyclic) bond motifs is 1. The zero-order chi connectivity index (χ0) is 22.7. The van der Waals surface area contributed by atoms with Gasteiger partial charge in [-0.05, 0) is 48.4 Å². The standard InChI is InChI=1S/C27H26N4S/c1-5-24-30-26-18(2)15-19(3)29-27(26)31(24)17-20-11-13-22(14-12-20)25(23(16-28)32-4)21-9-7-6-8-10-21/h6-15H,5,17H2,1-4H3. The molecule has 0 unspecified atom stereocenters. The van der Waals surface area contributed by atoms with E-state index in [0.29, 0.717) is 11.4 Å². The second-order valence-electron chi connectivity index (χ2n) is 7.80. The molecule has 0 aliphatic rings. The number of rotatable bonds is 6. The van der Waals surface area contributed by atoms with Gasteiger partial charge in [0.1, 0.15) is 17.4 Å². The van der Waals surface area contributed by atoms with Crippen molar-refractivity contribution in [2.24, 2.45) is 0 Å². The van der Waals surface area contributed by atoms with Crippen LogP contribution in [-0.4, -0.2) is 20.8 Å².